The Kier molecular flexibility index (Phi) is 6.22. The Labute approximate surface area is 199 Å². The van der Waals surface area contributed by atoms with E-state index in [4.69, 9.17) is 4.74 Å². The fraction of sp³-hybridized carbons (Fsp3) is 0.250. The van der Waals surface area contributed by atoms with Crippen LogP contribution in [0.2, 0.25) is 0 Å². The summed E-state index contributed by atoms with van der Waals surface area (Å²) in [6, 6.07) is 9.84. The average Bonchev–Trinajstić information content (AvgIpc) is 3.43. The first-order valence-corrected chi connectivity index (χ1v) is 11.3. The average molecular weight is 480 g/mol. The van der Waals surface area contributed by atoms with Crippen LogP contribution in [0.3, 0.4) is 0 Å². The predicted octanol–water partition coefficient (Wildman–Crippen LogP) is 4.22. The second-order valence-corrected chi connectivity index (χ2v) is 8.95. The third-order valence-electron chi connectivity index (χ3n) is 5.68. The van der Waals surface area contributed by atoms with E-state index in [0.29, 0.717) is 22.8 Å². The molecule has 1 N–H and O–H groups in total. The van der Waals surface area contributed by atoms with Crippen LogP contribution in [0.4, 0.5) is 10.2 Å². The van der Waals surface area contributed by atoms with Crippen molar-refractivity contribution in [1.82, 2.24) is 14.3 Å². The van der Waals surface area contributed by atoms with E-state index in [1.807, 2.05) is 13.8 Å². The topological polar surface area (TPSA) is 102 Å². The van der Waals surface area contributed by atoms with Gasteiger partial charge < -0.3 is 14.6 Å². The Bertz CT molecular complexity index is 1420. The number of nitrogens with zero attached hydrogens (tertiary/aromatic N) is 4. The lowest BCUT2D eigenvalue weighted by Crippen LogP contribution is -2.23. The van der Waals surface area contributed by atoms with Gasteiger partial charge in [0, 0.05) is 24.7 Å². The van der Waals surface area contributed by atoms with E-state index in [1.165, 1.54) is 23.5 Å². The SMILES string of the molecule is Cc1c(C#N)c(NC(=O)COC(=O)c2cc3c(C)nn(C)c3s2)n(Cc2ccc(F)cc2)c1C. The molecule has 0 fully saturated rings. The molecule has 4 rings (SSSR count). The molecule has 0 bridgehead atoms. The molecule has 0 aliphatic rings. The van der Waals surface area contributed by atoms with Gasteiger partial charge in [-0.25, -0.2) is 9.18 Å². The molecular weight excluding hydrogens is 457 g/mol. The Morgan fingerprint density at radius 3 is 2.59 bits per heavy atom. The molecule has 1 aromatic carbocycles. The quantitative estimate of drug-likeness (QED) is 0.417. The van der Waals surface area contributed by atoms with Crippen molar-refractivity contribution in [2.75, 3.05) is 11.9 Å². The molecule has 0 aliphatic carbocycles. The number of nitrogens with one attached hydrogen (secondary N) is 1. The minimum atomic E-state index is -0.606. The van der Waals surface area contributed by atoms with Gasteiger partial charge in [0.2, 0.25) is 0 Å². The molecule has 0 atom stereocenters. The predicted molar refractivity (Wildman–Crippen MR) is 126 cm³/mol. The van der Waals surface area contributed by atoms with Crippen LogP contribution < -0.4 is 5.32 Å². The number of fused-ring (bicyclic) bond motifs is 1. The summed E-state index contributed by atoms with van der Waals surface area (Å²) in [7, 11) is 1.80. The molecule has 34 heavy (non-hydrogen) atoms. The largest absolute Gasteiger partial charge is 0.451 e. The van der Waals surface area contributed by atoms with Crippen molar-refractivity contribution in [1.29, 1.82) is 5.26 Å². The summed E-state index contributed by atoms with van der Waals surface area (Å²) in [5, 5.41) is 17.5. The normalized spacial score (nSPS) is 10.9. The minimum absolute atomic E-state index is 0.312. The highest BCUT2D eigenvalue weighted by atomic mass is 32.1. The van der Waals surface area contributed by atoms with Gasteiger partial charge in [-0.15, -0.1) is 11.3 Å². The highest BCUT2D eigenvalue weighted by Gasteiger charge is 2.21. The number of benzene rings is 1. The number of halogens is 1. The van der Waals surface area contributed by atoms with Gasteiger partial charge in [0.25, 0.3) is 5.91 Å². The second-order valence-electron chi connectivity index (χ2n) is 7.92. The van der Waals surface area contributed by atoms with E-state index in [-0.39, 0.29) is 5.82 Å². The summed E-state index contributed by atoms with van der Waals surface area (Å²) >= 11 is 1.24. The zero-order valence-corrected chi connectivity index (χ0v) is 19.9. The lowest BCUT2D eigenvalue weighted by molar-refractivity contribution is -0.119. The number of anilines is 1. The molecule has 3 heterocycles. The van der Waals surface area contributed by atoms with Gasteiger partial charge in [0.05, 0.1) is 11.3 Å². The van der Waals surface area contributed by atoms with Gasteiger partial charge in [-0.3, -0.25) is 9.48 Å². The molecule has 8 nitrogen and oxygen atoms in total. The monoisotopic (exact) mass is 479 g/mol. The summed E-state index contributed by atoms with van der Waals surface area (Å²) in [5.41, 5.74) is 3.46. The Morgan fingerprint density at radius 2 is 1.94 bits per heavy atom. The van der Waals surface area contributed by atoms with E-state index in [2.05, 4.69) is 16.5 Å². The molecule has 0 aliphatic heterocycles. The minimum Gasteiger partial charge on any atom is -0.451 e. The van der Waals surface area contributed by atoms with Crippen molar-refractivity contribution in [3.05, 3.63) is 69.1 Å². The molecule has 3 aromatic heterocycles. The number of hydrogen-bond donors (Lipinski definition) is 1. The van der Waals surface area contributed by atoms with E-state index in [9.17, 15) is 19.2 Å². The number of carbonyl (C=O) groups is 2. The summed E-state index contributed by atoms with van der Waals surface area (Å²) in [5.74, 6) is -1.21. The highest BCUT2D eigenvalue weighted by molar-refractivity contribution is 7.20. The smallest absolute Gasteiger partial charge is 0.348 e. The first-order valence-electron chi connectivity index (χ1n) is 10.4. The highest BCUT2D eigenvalue weighted by Crippen LogP contribution is 2.29. The number of esters is 1. The molecule has 0 saturated heterocycles. The third kappa shape index (κ3) is 4.30. The molecule has 174 valence electrons. The zero-order chi connectivity index (χ0) is 24.6. The van der Waals surface area contributed by atoms with Gasteiger partial charge in [0.1, 0.15) is 27.4 Å². The first kappa shape index (κ1) is 23.2. The number of ether oxygens (including phenoxy) is 1. The van der Waals surface area contributed by atoms with Gasteiger partial charge >= 0.3 is 5.97 Å². The number of aromatic nitrogens is 3. The second kappa shape index (κ2) is 9.11. The van der Waals surface area contributed by atoms with Crippen molar-refractivity contribution >= 4 is 39.2 Å². The maximum atomic E-state index is 13.3. The van der Waals surface area contributed by atoms with Crippen LogP contribution in [0.5, 0.6) is 0 Å². The summed E-state index contributed by atoms with van der Waals surface area (Å²) in [6.07, 6.45) is 0. The van der Waals surface area contributed by atoms with Crippen molar-refractivity contribution in [3.63, 3.8) is 0 Å². The molecule has 4 aromatic rings. The standard InChI is InChI=1S/C24H22FN5O3S/c1-13-15(3)30(11-16-5-7-17(25)8-6-16)22(19(13)10-26)27-21(31)12-33-24(32)20-9-18-14(2)28-29(4)23(18)34-20/h5-9H,11-12H2,1-4H3,(H,27,31). The number of aryl methyl sites for hydroxylation is 2. The van der Waals surface area contributed by atoms with Crippen LogP contribution in [-0.2, 0) is 23.1 Å². The van der Waals surface area contributed by atoms with Crippen LogP contribution in [-0.4, -0.2) is 32.8 Å². The Hall–Kier alpha value is -3.97. The van der Waals surface area contributed by atoms with Crippen LogP contribution in [0.15, 0.2) is 30.3 Å². The van der Waals surface area contributed by atoms with Crippen LogP contribution in [0.25, 0.3) is 10.2 Å². The summed E-state index contributed by atoms with van der Waals surface area (Å²) in [4.78, 5) is 26.4. The Balaban J connectivity index is 1.50. The van der Waals surface area contributed by atoms with Crippen molar-refractivity contribution < 1.29 is 18.7 Å². The van der Waals surface area contributed by atoms with Gasteiger partial charge in [0.15, 0.2) is 6.61 Å². The maximum absolute atomic E-state index is 13.3. The van der Waals surface area contributed by atoms with Gasteiger partial charge in [-0.1, -0.05) is 12.1 Å². The Morgan fingerprint density at radius 1 is 1.24 bits per heavy atom. The van der Waals surface area contributed by atoms with Crippen molar-refractivity contribution in [3.8, 4) is 6.07 Å². The van der Waals surface area contributed by atoms with Crippen LogP contribution >= 0.6 is 11.3 Å². The molecule has 10 heteroatoms. The number of hydrogen-bond acceptors (Lipinski definition) is 6. The summed E-state index contributed by atoms with van der Waals surface area (Å²) < 4.78 is 22.0. The van der Waals surface area contributed by atoms with Crippen LogP contribution in [0.1, 0.15) is 37.7 Å². The van der Waals surface area contributed by atoms with E-state index >= 15 is 0 Å². The molecule has 0 saturated carbocycles. The fourth-order valence-electron chi connectivity index (χ4n) is 3.78. The van der Waals surface area contributed by atoms with Gasteiger partial charge in [-0.05, 0) is 50.1 Å². The lowest BCUT2D eigenvalue weighted by atomic mass is 10.2. The number of thiophene rings is 1. The van der Waals surface area contributed by atoms with E-state index < -0.39 is 18.5 Å². The number of rotatable bonds is 6. The van der Waals surface area contributed by atoms with Gasteiger partial charge in [-0.2, -0.15) is 10.4 Å². The third-order valence-corrected chi connectivity index (χ3v) is 6.87. The molecule has 0 unspecified atom stereocenters. The molecular formula is C24H22FN5O3S. The van der Waals surface area contributed by atoms with E-state index in [0.717, 1.165) is 32.7 Å². The fourth-order valence-corrected chi connectivity index (χ4v) is 4.79. The van der Waals surface area contributed by atoms with Crippen LogP contribution in [0, 0.1) is 37.9 Å². The molecule has 1 amide bonds. The number of amides is 1. The number of nitriles is 1. The number of carbonyl (C=O) groups excluding carboxylic acids is 2. The lowest BCUT2D eigenvalue weighted by Gasteiger charge is -2.13. The van der Waals surface area contributed by atoms with Crippen molar-refractivity contribution in [2.45, 2.75) is 27.3 Å². The zero-order valence-electron chi connectivity index (χ0n) is 19.1. The molecule has 0 spiro atoms. The first-order chi connectivity index (χ1) is 16.2. The summed E-state index contributed by atoms with van der Waals surface area (Å²) in [6.45, 7) is 5.32. The van der Waals surface area contributed by atoms with Crippen molar-refractivity contribution in [2.24, 2.45) is 7.05 Å². The van der Waals surface area contributed by atoms with E-state index in [1.54, 1.807) is 41.4 Å². The molecule has 0 radical (unpaired) electrons. The maximum Gasteiger partial charge on any atom is 0.348 e.